The summed E-state index contributed by atoms with van der Waals surface area (Å²) in [5, 5.41) is 28.0. The second kappa shape index (κ2) is 12.1. The van der Waals surface area contributed by atoms with E-state index in [0.29, 0.717) is 24.2 Å². The van der Waals surface area contributed by atoms with Crippen molar-refractivity contribution in [3.63, 3.8) is 0 Å². The number of carboxylic acids is 2. The number of unbranched alkanes of at least 4 members (excludes halogenated alkanes) is 1. The van der Waals surface area contributed by atoms with Crippen molar-refractivity contribution < 1.29 is 29.7 Å². The number of carboxylic acid groups (broad SMARTS) is 2. The monoisotopic (exact) mass is 431 g/mol. The third kappa shape index (κ3) is 7.93. The minimum atomic E-state index is -1.03. The Labute approximate surface area is 179 Å². The molecule has 7 nitrogen and oxygen atoms in total. The molecule has 1 heterocycles. The third-order valence-corrected chi connectivity index (χ3v) is 5.44. The van der Waals surface area contributed by atoms with Crippen LogP contribution in [0.15, 0.2) is 41.3 Å². The Hall–Kier alpha value is -2.76. The molecule has 0 aromatic heterocycles. The van der Waals surface area contributed by atoms with Gasteiger partial charge in [0.05, 0.1) is 18.2 Å². The molecule has 0 spiro atoms. The molecule has 1 unspecified atom stereocenters. The lowest BCUT2D eigenvalue weighted by atomic mass is 10.0. The van der Waals surface area contributed by atoms with Gasteiger partial charge in [0.25, 0.3) is 0 Å². The molecular formula is C22H25NO6S. The van der Waals surface area contributed by atoms with Crippen molar-refractivity contribution in [2.45, 2.75) is 54.9 Å². The standard InChI is InChI=1S/C22H25NO6S/c24-19-10-6-8-17(23(19)14-4-2-1-3-11-20(25)26)12-13-21(27)30-18-9-5-7-16(15-18)22(28)29/h5,7,9,12-13,15,17,21,27H,1,3,6,8,10-11,14H2,(H,25,26)(H,28,29)/b13-12+/t17-,21?/m1/s1. The number of nitrogens with zero attached hydrogens (tertiary/aromatic N) is 1. The minimum absolute atomic E-state index is 0.00652. The number of aliphatic carboxylic acids is 1. The van der Waals surface area contributed by atoms with Crippen molar-refractivity contribution in [2.24, 2.45) is 0 Å². The molecule has 1 aliphatic heterocycles. The quantitative estimate of drug-likeness (QED) is 0.181. The average Bonchev–Trinajstić information content (AvgIpc) is 2.70. The number of carbonyl (C=O) groups is 3. The fourth-order valence-electron chi connectivity index (χ4n) is 3.01. The van der Waals surface area contributed by atoms with E-state index in [1.54, 1.807) is 29.2 Å². The maximum absolute atomic E-state index is 12.3. The van der Waals surface area contributed by atoms with Crippen LogP contribution in [-0.4, -0.2) is 56.1 Å². The summed E-state index contributed by atoms with van der Waals surface area (Å²) in [5.41, 5.74) is -0.725. The number of hydrogen-bond donors (Lipinski definition) is 3. The number of aromatic carboxylic acids is 1. The molecular weight excluding hydrogens is 406 g/mol. The highest BCUT2D eigenvalue weighted by Gasteiger charge is 2.25. The first-order valence-corrected chi connectivity index (χ1v) is 10.6. The van der Waals surface area contributed by atoms with E-state index in [0.717, 1.165) is 24.6 Å². The molecule has 2 rings (SSSR count). The van der Waals surface area contributed by atoms with Gasteiger partial charge in [-0.2, -0.15) is 0 Å². The summed E-state index contributed by atoms with van der Waals surface area (Å²) in [6, 6.07) is 6.17. The van der Waals surface area contributed by atoms with E-state index in [9.17, 15) is 19.5 Å². The van der Waals surface area contributed by atoms with Gasteiger partial charge in [-0.1, -0.05) is 29.8 Å². The largest absolute Gasteiger partial charge is 0.481 e. The number of hydrogen-bond acceptors (Lipinski definition) is 5. The summed E-state index contributed by atoms with van der Waals surface area (Å²) in [6.45, 7) is 0.269. The number of aliphatic hydroxyl groups excluding tert-OH is 1. The van der Waals surface area contributed by atoms with E-state index in [2.05, 4.69) is 11.8 Å². The Morgan fingerprint density at radius 2 is 2.10 bits per heavy atom. The molecule has 8 heteroatoms. The van der Waals surface area contributed by atoms with Gasteiger partial charge in [-0.25, -0.2) is 4.79 Å². The van der Waals surface area contributed by atoms with Crippen molar-refractivity contribution in [2.75, 3.05) is 6.54 Å². The Morgan fingerprint density at radius 1 is 1.30 bits per heavy atom. The molecule has 1 amide bonds. The second-order valence-electron chi connectivity index (χ2n) is 6.81. The first-order chi connectivity index (χ1) is 14.4. The maximum atomic E-state index is 12.3. The number of thioether (sulfide) groups is 1. The van der Waals surface area contributed by atoms with Crippen LogP contribution in [0.3, 0.4) is 0 Å². The predicted molar refractivity (Wildman–Crippen MR) is 113 cm³/mol. The highest BCUT2D eigenvalue weighted by molar-refractivity contribution is 7.99. The lowest BCUT2D eigenvalue weighted by Crippen LogP contribution is -2.42. The molecule has 3 N–H and O–H groups in total. The van der Waals surface area contributed by atoms with Crippen LogP contribution < -0.4 is 0 Å². The molecule has 0 aliphatic carbocycles. The van der Waals surface area contributed by atoms with E-state index >= 15 is 0 Å². The average molecular weight is 432 g/mol. The van der Waals surface area contributed by atoms with Crippen molar-refractivity contribution in [1.29, 1.82) is 0 Å². The van der Waals surface area contributed by atoms with E-state index in [1.165, 1.54) is 12.1 Å². The van der Waals surface area contributed by atoms with Gasteiger partial charge in [-0.15, -0.1) is 5.92 Å². The summed E-state index contributed by atoms with van der Waals surface area (Å²) in [4.78, 5) is 36.1. The SMILES string of the molecule is O=C(O)CCCC#CCN1C(=O)CCC[C@@H]1/C=C/C(O)Sc1cccc(C(=O)O)c1. The highest BCUT2D eigenvalue weighted by Crippen LogP contribution is 2.25. The topological polar surface area (TPSA) is 115 Å². The van der Waals surface area contributed by atoms with Crippen LogP contribution in [-0.2, 0) is 9.59 Å². The summed E-state index contributed by atoms with van der Waals surface area (Å²) >= 11 is 1.12. The molecule has 1 aliphatic rings. The van der Waals surface area contributed by atoms with Crippen molar-refractivity contribution in [3.05, 3.63) is 42.0 Å². The molecule has 0 bridgehead atoms. The molecule has 1 aromatic carbocycles. The molecule has 1 saturated heterocycles. The number of piperidine rings is 1. The highest BCUT2D eigenvalue weighted by atomic mass is 32.2. The Kier molecular flexibility index (Phi) is 9.45. The number of amides is 1. The fourth-order valence-corrected chi connectivity index (χ4v) is 3.81. The third-order valence-electron chi connectivity index (χ3n) is 4.51. The van der Waals surface area contributed by atoms with Crippen LogP contribution in [0.5, 0.6) is 0 Å². The van der Waals surface area contributed by atoms with Crippen LogP contribution in [0.1, 0.15) is 48.9 Å². The Balaban J connectivity index is 1.93. The molecule has 30 heavy (non-hydrogen) atoms. The van der Waals surface area contributed by atoms with Crippen molar-refractivity contribution in [3.8, 4) is 11.8 Å². The van der Waals surface area contributed by atoms with Crippen LogP contribution in [0.25, 0.3) is 0 Å². The number of benzene rings is 1. The number of rotatable bonds is 9. The zero-order chi connectivity index (χ0) is 21.9. The molecule has 1 fully saturated rings. The lowest BCUT2D eigenvalue weighted by molar-refractivity contribution is -0.137. The zero-order valence-electron chi connectivity index (χ0n) is 16.5. The number of aliphatic hydroxyl groups is 1. The van der Waals surface area contributed by atoms with Crippen LogP contribution >= 0.6 is 11.8 Å². The van der Waals surface area contributed by atoms with Gasteiger partial charge in [0.1, 0.15) is 5.44 Å². The van der Waals surface area contributed by atoms with Gasteiger partial charge < -0.3 is 20.2 Å². The van der Waals surface area contributed by atoms with Gasteiger partial charge in [0.15, 0.2) is 0 Å². The van der Waals surface area contributed by atoms with E-state index in [4.69, 9.17) is 10.2 Å². The first-order valence-electron chi connectivity index (χ1n) is 9.70. The molecule has 0 saturated carbocycles. The van der Waals surface area contributed by atoms with Gasteiger partial charge in [-0.3, -0.25) is 9.59 Å². The fraction of sp³-hybridized carbons (Fsp3) is 0.409. The lowest BCUT2D eigenvalue weighted by Gasteiger charge is -2.32. The van der Waals surface area contributed by atoms with Gasteiger partial charge in [-0.05, 0) is 43.5 Å². The predicted octanol–water partition coefficient (Wildman–Crippen LogP) is 2.99. The summed E-state index contributed by atoms with van der Waals surface area (Å²) in [6.07, 6.45) is 6.43. The van der Waals surface area contributed by atoms with Gasteiger partial charge >= 0.3 is 11.9 Å². The van der Waals surface area contributed by atoms with Crippen LogP contribution in [0.2, 0.25) is 0 Å². The Bertz CT molecular complexity index is 857. The van der Waals surface area contributed by atoms with Crippen LogP contribution in [0, 0.1) is 11.8 Å². The molecule has 160 valence electrons. The molecule has 2 atom stereocenters. The van der Waals surface area contributed by atoms with Crippen molar-refractivity contribution >= 4 is 29.6 Å². The number of likely N-dealkylation sites (tertiary alicyclic amines) is 1. The minimum Gasteiger partial charge on any atom is -0.481 e. The van der Waals surface area contributed by atoms with E-state index in [-0.39, 0.29) is 30.5 Å². The van der Waals surface area contributed by atoms with Gasteiger partial charge in [0.2, 0.25) is 5.91 Å². The molecule has 0 radical (unpaired) electrons. The zero-order valence-corrected chi connectivity index (χ0v) is 17.3. The normalized spacial score (nSPS) is 17.4. The second-order valence-corrected chi connectivity index (χ2v) is 8.00. The first kappa shape index (κ1) is 23.5. The van der Waals surface area contributed by atoms with E-state index in [1.807, 2.05) is 0 Å². The summed E-state index contributed by atoms with van der Waals surface area (Å²) in [7, 11) is 0. The van der Waals surface area contributed by atoms with Gasteiger partial charge in [0, 0.05) is 24.2 Å². The number of carbonyl (C=O) groups excluding carboxylic acids is 1. The summed E-state index contributed by atoms with van der Waals surface area (Å²) < 4.78 is 0. The maximum Gasteiger partial charge on any atom is 0.335 e. The van der Waals surface area contributed by atoms with E-state index < -0.39 is 17.4 Å². The molecule has 1 aromatic rings. The van der Waals surface area contributed by atoms with Crippen LogP contribution in [0.4, 0.5) is 0 Å². The summed E-state index contributed by atoms with van der Waals surface area (Å²) in [5.74, 6) is 3.98. The Morgan fingerprint density at radius 3 is 2.83 bits per heavy atom. The van der Waals surface area contributed by atoms with Crippen molar-refractivity contribution in [1.82, 2.24) is 4.90 Å². The smallest absolute Gasteiger partial charge is 0.335 e.